The first-order valence-electron chi connectivity index (χ1n) is 10.4. The maximum Gasteiger partial charge on any atom is 0.379 e. The van der Waals surface area contributed by atoms with Crippen LogP contribution in [0, 0.1) is 0 Å². The normalized spacial score (nSPS) is 15.1. The molecule has 2 N–H and O–H groups in total. The fourth-order valence-corrected chi connectivity index (χ4v) is 5.99. The van der Waals surface area contributed by atoms with Gasteiger partial charge in [0.1, 0.15) is 4.90 Å². The SMILES string of the molecule is COC(=O)C(=O)c1c(-c2ccc(Cl)c(S(=O)(=O)NC3CCCCC3)c2)[nH]c2ccccc12. The van der Waals surface area contributed by atoms with Crippen molar-refractivity contribution in [3.63, 3.8) is 0 Å². The number of aromatic nitrogens is 1. The molecule has 1 aromatic heterocycles. The lowest BCUT2D eigenvalue weighted by atomic mass is 9.96. The Balaban J connectivity index is 1.81. The number of esters is 1. The second-order valence-electron chi connectivity index (χ2n) is 7.84. The second kappa shape index (κ2) is 9.05. The van der Waals surface area contributed by atoms with Crippen molar-refractivity contribution in [2.75, 3.05) is 7.11 Å². The first kappa shape index (κ1) is 22.5. The van der Waals surface area contributed by atoms with Gasteiger partial charge in [-0.25, -0.2) is 17.9 Å². The molecule has 1 fully saturated rings. The van der Waals surface area contributed by atoms with Crippen LogP contribution in [0.3, 0.4) is 0 Å². The molecule has 0 amide bonds. The second-order valence-corrected chi connectivity index (χ2v) is 9.93. The molecule has 4 rings (SSSR count). The number of rotatable bonds is 6. The van der Waals surface area contributed by atoms with E-state index in [1.807, 2.05) is 0 Å². The molecule has 168 valence electrons. The summed E-state index contributed by atoms with van der Waals surface area (Å²) in [6.45, 7) is 0. The number of carbonyl (C=O) groups is 2. The van der Waals surface area contributed by atoms with Crippen LogP contribution in [0.5, 0.6) is 0 Å². The Morgan fingerprint density at radius 1 is 1.09 bits per heavy atom. The Hall–Kier alpha value is -2.68. The molecule has 7 nitrogen and oxygen atoms in total. The van der Waals surface area contributed by atoms with Crippen LogP contribution in [0.25, 0.3) is 22.2 Å². The number of aromatic amines is 1. The number of hydrogen-bond acceptors (Lipinski definition) is 5. The maximum atomic E-state index is 13.1. The maximum absolute atomic E-state index is 13.1. The van der Waals surface area contributed by atoms with Crippen LogP contribution in [0.1, 0.15) is 42.5 Å². The van der Waals surface area contributed by atoms with Gasteiger partial charge in [-0.1, -0.05) is 55.1 Å². The summed E-state index contributed by atoms with van der Waals surface area (Å²) < 4.78 is 33.6. The van der Waals surface area contributed by atoms with E-state index < -0.39 is 21.8 Å². The van der Waals surface area contributed by atoms with E-state index in [2.05, 4.69) is 14.4 Å². The third-order valence-electron chi connectivity index (χ3n) is 5.74. The van der Waals surface area contributed by atoms with Crippen LogP contribution in [-0.2, 0) is 19.6 Å². The number of benzene rings is 2. The highest BCUT2D eigenvalue weighted by atomic mass is 35.5. The molecule has 0 aliphatic heterocycles. The summed E-state index contributed by atoms with van der Waals surface area (Å²) in [6, 6.07) is 11.4. The van der Waals surface area contributed by atoms with Crippen LogP contribution in [0.2, 0.25) is 5.02 Å². The van der Waals surface area contributed by atoms with Crippen molar-refractivity contribution >= 4 is 44.3 Å². The molecular weight excluding hydrogens is 452 g/mol. The topological polar surface area (TPSA) is 105 Å². The minimum absolute atomic E-state index is 0.0719. The third-order valence-corrected chi connectivity index (χ3v) is 7.74. The zero-order valence-electron chi connectivity index (χ0n) is 17.5. The lowest BCUT2D eigenvalue weighted by molar-refractivity contribution is -0.135. The van der Waals surface area contributed by atoms with Crippen molar-refractivity contribution in [3.8, 4) is 11.3 Å². The Bertz CT molecular complexity index is 1290. The number of para-hydroxylation sites is 1. The van der Waals surface area contributed by atoms with E-state index in [4.69, 9.17) is 11.6 Å². The van der Waals surface area contributed by atoms with Crippen LogP contribution in [0.15, 0.2) is 47.4 Å². The van der Waals surface area contributed by atoms with Gasteiger partial charge in [-0.05, 0) is 31.0 Å². The minimum Gasteiger partial charge on any atom is -0.463 e. The summed E-state index contributed by atoms with van der Waals surface area (Å²) in [5.74, 6) is -1.82. The number of H-pyrrole nitrogens is 1. The molecule has 0 bridgehead atoms. The number of ether oxygens (including phenoxy) is 1. The first-order chi connectivity index (χ1) is 15.3. The van der Waals surface area contributed by atoms with E-state index in [0.717, 1.165) is 39.2 Å². The van der Waals surface area contributed by atoms with Gasteiger partial charge in [-0.3, -0.25) is 4.79 Å². The quantitative estimate of drug-likeness (QED) is 0.312. The summed E-state index contributed by atoms with van der Waals surface area (Å²) in [5.41, 5.74) is 1.50. The number of ketones is 1. The van der Waals surface area contributed by atoms with Crippen LogP contribution in [-0.4, -0.2) is 38.3 Å². The van der Waals surface area contributed by atoms with Crippen molar-refractivity contribution in [3.05, 3.63) is 53.1 Å². The largest absolute Gasteiger partial charge is 0.463 e. The molecule has 0 spiro atoms. The van der Waals surface area contributed by atoms with E-state index in [-0.39, 0.29) is 21.5 Å². The highest BCUT2D eigenvalue weighted by Gasteiger charge is 2.28. The summed E-state index contributed by atoms with van der Waals surface area (Å²) in [6.07, 6.45) is 4.64. The lowest BCUT2D eigenvalue weighted by Crippen LogP contribution is -2.36. The molecule has 9 heteroatoms. The van der Waals surface area contributed by atoms with Gasteiger partial charge in [-0.15, -0.1) is 0 Å². The van der Waals surface area contributed by atoms with Gasteiger partial charge in [0, 0.05) is 22.5 Å². The fraction of sp³-hybridized carbons (Fsp3) is 0.304. The molecule has 32 heavy (non-hydrogen) atoms. The van der Waals surface area contributed by atoms with E-state index in [1.165, 1.54) is 12.1 Å². The van der Waals surface area contributed by atoms with Crippen molar-refractivity contribution < 1.29 is 22.7 Å². The first-order valence-corrected chi connectivity index (χ1v) is 12.2. The molecule has 0 saturated heterocycles. The molecule has 2 aromatic carbocycles. The zero-order valence-corrected chi connectivity index (χ0v) is 19.1. The molecule has 1 aliphatic carbocycles. The summed E-state index contributed by atoms with van der Waals surface area (Å²) in [5, 5.41) is 0.617. The van der Waals surface area contributed by atoms with Crippen molar-refractivity contribution in [1.29, 1.82) is 0 Å². The molecule has 1 heterocycles. The zero-order chi connectivity index (χ0) is 22.9. The van der Waals surface area contributed by atoms with Gasteiger partial charge in [0.05, 0.1) is 23.4 Å². The Morgan fingerprint density at radius 3 is 2.53 bits per heavy atom. The van der Waals surface area contributed by atoms with Gasteiger partial charge in [0.15, 0.2) is 0 Å². The van der Waals surface area contributed by atoms with E-state index in [9.17, 15) is 18.0 Å². The molecule has 0 radical (unpaired) electrons. The van der Waals surface area contributed by atoms with E-state index in [1.54, 1.807) is 30.3 Å². The molecule has 1 aliphatic rings. The lowest BCUT2D eigenvalue weighted by Gasteiger charge is -2.23. The Kier molecular flexibility index (Phi) is 6.37. The number of halogens is 1. The Morgan fingerprint density at radius 2 is 1.81 bits per heavy atom. The smallest absolute Gasteiger partial charge is 0.379 e. The van der Waals surface area contributed by atoms with Crippen LogP contribution < -0.4 is 4.72 Å². The molecule has 3 aromatic rings. The number of carbonyl (C=O) groups excluding carboxylic acids is 2. The number of fused-ring (bicyclic) bond motifs is 1. The highest BCUT2D eigenvalue weighted by Crippen LogP contribution is 2.34. The standard InChI is InChI=1S/C23H23ClN2O5S/c1-31-23(28)22(27)20-16-9-5-6-10-18(16)25-21(20)14-11-12-17(24)19(13-14)32(29,30)26-15-7-3-2-4-8-15/h5-6,9-13,15,25-26H,2-4,7-8H2,1H3. The van der Waals surface area contributed by atoms with Crippen LogP contribution >= 0.6 is 11.6 Å². The number of methoxy groups -OCH3 is 1. The highest BCUT2D eigenvalue weighted by molar-refractivity contribution is 7.89. The van der Waals surface area contributed by atoms with Gasteiger partial charge >= 0.3 is 5.97 Å². The molecular formula is C23H23ClN2O5S. The molecule has 1 saturated carbocycles. The van der Waals surface area contributed by atoms with E-state index >= 15 is 0 Å². The predicted octanol–water partition coefficient (Wildman–Crippen LogP) is 4.46. The van der Waals surface area contributed by atoms with Crippen molar-refractivity contribution in [2.24, 2.45) is 0 Å². The van der Waals surface area contributed by atoms with Crippen LogP contribution in [0.4, 0.5) is 0 Å². The summed E-state index contributed by atoms with van der Waals surface area (Å²) in [7, 11) is -2.74. The van der Waals surface area contributed by atoms with Crippen molar-refractivity contribution in [1.82, 2.24) is 9.71 Å². The summed E-state index contributed by atoms with van der Waals surface area (Å²) >= 11 is 6.27. The number of nitrogens with one attached hydrogen (secondary N) is 2. The predicted molar refractivity (Wildman–Crippen MR) is 122 cm³/mol. The van der Waals surface area contributed by atoms with Crippen molar-refractivity contribution in [2.45, 2.75) is 43.0 Å². The van der Waals surface area contributed by atoms with Gasteiger partial charge in [-0.2, -0.15) is 0 Å². The molecule has 0 atom stereocenters. The monoisotopic (exact) mass is 474 g/mol. The average Bonchev–Trinajstić information content (AvgIpc) is 3.18. The number of Topliss-reactive ketones (excluding diaryl/α,β-unsaturated/α-hetero) is 1. The number of hydrogen-bond donors (Lipinski definition) is 2. The third kappa shape index (κ3) is 4.30. The van der Waals surface area contributed by atoms with Gasteiger partial charge in [0.25, 0.3) is 5.78 Å². The summed E-state index contributed by atoms with van der Waals surface area (Å²) in [4.78, 5) is 27.9. The molecule has 0 unspecified atom stereocenters. The minimum atomic E-state index is -3.88. The average molecular weight is 475 g/mol. The fourth-order valence-electron chi connectivity index (χ4n) is 4.16. The van der Waals surface area contributed by atoms with Gasteiger partial charge < -0.3 is 9.72 Å². The number of sulfonamides is 1. The van der Waals surface area contributed by atoms with Gasteiger partial charge in [0.2, 0.25) is 10.0 Å². The Labute approximate surface area is 191 Å². The van der Waals surface area contributed by atoms with E-state index in [0.29, 0.717) is 22.2 Å².